The molecule has 0 spiro atoms. The standard InChI is InChI=1S/C12H23N5O/c1-3-4-6-17-12(13-14-15-17)9-16-7-5-11(8-16)10(2)18/h10-11,18H,3-9H2,1-2H3. The van der Waals surface area contributed by atoms with Gasteiger partial charge in [-0.3, -0.25) is 4.90 Å². The Kier molecular flexibility index (Phi) is 4.66. The Labute approximate surface area is 108 Å². The summed E-state index contributed by atoms with van der Waals surface area (Å²) >= 11 is 0. The van der Waals surface area contributed by atoms with Crippen LogP contribution in [0.15, 0.2) is 0 Å². The summed E-state index contributed by atoms with van der Waals surface area (Å²) in [6, 6.07) is 0. The first-order chi connectivity index (χ1) is 8.70. The highest BCUT2D eigenvalue weighted by Gasteiger charge is 2.26. The summed E-state index contributed by atoms with van der Waals surface area (Å²) in [6.07, 6.45) is 3.10. The van der Waals surface area contributed by atoms with Crippen molar-refractivity contribution in [3.05, 3.63) is 5.82 Å². The van der Waals surface area contributed by atoms with Gasteiger partial charge in [0.15, 0.2) is 5.82 Å². The molecule has 18 heavy (non-hydrogen) atoms. The molecule has 1 fully saturated rings. The molecule has 0 radical (unpaired) electrons. The predicted molar refractivity (Wildman–Crippen MR) is 67.8 cm³/mol. The van der Waals surface area contributed by atoms with Gasteiger partial charge >= 0.3 is 0 Å². The molecular weight excluding hydrogens is 230 g/mol. The number of hydrogen-bond donors (Lipinski definition) is 1. The second kappa shape index (κ2) is 6.24. The van der Waals surface area contributed by atoms with Crippen LogP contribution in [0.5, 0.6) is 0 Å². The molecule has 6 nitrogen and oxygen atoms in total. The second-order valence-electron chi connectivity index (χ2n) is 5.20. The van der Waals surface area contributed by atoms with Crippen molar-refractivity contribution in [3.8, 4) is 0 Å². The number of aromatic nitrogens is 4. The van der Waals surface area contributed by atoms with Gasteiger partial charge < -0.3 is 5.11 Å². The van der Waals surface area contributed by atoms with Crippen LogP contribution in [0.4, 0.5) is 0 Å². The fourth-order valence-electron chi connectivity index (χ4n) is 2.42. The van der Waals surface area contributed by atoms with Gasteiger partial charge in [0.2, 0.25) is 0 Å². The first kappa shape index (κ1) is 13.4. The number of rotatable bonds is 6. The normalized spacial score (nSPS) is 22.5. The Bertz CT molecular complexity index is 365. The molecule has 0 amide bonds. The summed E-state index contributed by atoms with van der Waals surface area (Å²) in [7, 11) is 0. The molecule has 102 valence electrons. The van der Waals surface area contributed by atoms with Gasteiger partial charge in [-0.1, -0.05) is 13.3 Å². The second-order valence-corrected chi connectivity index (χ2v) is 5.20. The Hall–Kier alpha value is -1.01. The fraction of sp³-hybridized carbons (Fsp3) is 0.917. The van der Waals surface area contributed by atoms with Crippen molar-refractivity contribution >= 4 is 0 Å². The molecule has 2 unspecified atom stereocenters. The number of tetrazole rings is 1. The fourth-order valence-corrected chi connectivity index (χ4v) is 2.42. The molecule has 0 bridgehead atoms. The lowest BCUT2D eigenvalue weighted by molar-refractivity contribution is 0.126. The predicted octanol–water partition coefficient (Wildman–Crippen LogP) is 0.676. The zero-order valence-corrected chi connectivity index (χ0v) is 11.3. The molecule has 0 saturated carbocycles. The third-order valence-electron chi connectivity index (χ3n) is 3.69. The van der Waals surface area contributed by atoms with E-state index in [1.165, 1.54) is 0 Å². The van der Waals surface area contributed by atoms with Crippen LogP contribution in [0.3, 0.4) is 0 Å². The molecule has 0 aliphatic carbocycles. The summed E-state index contributed by atoms with van der Waals surface area (Å²) in [5.41, 5.74) is 0. The Balaban J connectivity index is 1.88. The minimum Gasteiger partial charge on any atom is -0.393 e. The zero-order valence-electron chi connectivity index (χ0n) is 11.3. The van der Waals surface area contributed by atoms with Gasteiger partial charge in [0.25, 0.3) is 0 Å². The average molecular weight is 253 g/mol. The molecule has 1 saturated heterocycles. The van der Waals surface area contributed by atoms with Crippen molar-refractivity contribution < 1.29 is 5.11 Å². The minimum absolute atomic E-state index is 0.217. The van der Waals surface area contributed by atoms with E-state index in [1.807, 2.05) is 11.6 Å². The number of aryl methyl sites for hydroxylation is 1. The van der Waals surface area contributed by atoms with Crippen LogP contribution in [-0.4, -0.2) is 49.4 Å². The summed E-state index contributed by atoms with van der Waals surface area (Å²) in [6.45, 7) is 7.69. The number of hydrogen-bond acceptors (Lipinski definition) is 5. The van der Waals surface area contributed by atoms with Gasteiger partial charge in [0, 0.05) is 13.1 Å². The lowest BCUT2D eigenvalue weighted by Crippen LogP contribution is -2.25. The van der Waals surface area contributed by atoms with E-state index < -0.39 is 0 Å². The first-order valence-corrected chi connectivity index (χ1v) is 6.86. The van der Waals surface area contributed by atoms with Gasteiger partial charge in [-0.2, -0.15) is 0 Å². The smallest absolute Gasteiger partial charge is 0.165 e. The zero-order chi connectivity index (χ0) is 13.0. The molecule has 2 atom stereocenters. The van der Waals surface area contributed by atoms with Crippen LogP contribution in [0, 0.1) is 5.92 Å². The Morgan fingerprint density at radius 2 is 2.33 bits per heavy atom. The highest BCUT2D eigenvalue weighted by Crippen LogP contribution is 2.20. The maximum Gasteiger partial charge on any atom is 0.165 e. The topological polar surface area (TPSA) is 67.1 Å². The summed E-state index contributed by atoms with van der Waals surface area (Å²) in [5.74, 6) is 1.33. The summed E-state index contributed by atoms with van der Waals surface area (Å²) in [4.78, 5) is 2.32. The molecular formula is C12H23N5O. The molecule has 2 heterocycles. The minimum atomic E-state index is -0.217. The number of nitrogens with zero attached hydrogens (tertiary/aromatic N) is 5. The third kappa shape index (κ3) is 3.26. The summed E-state index contributed by atoms with van der Waals surface area (Å²) < 4.78 is 1.90. The first-order valence-electron chi connectivity index (χ1n) is 6.86. The van der Waals surface area contributed by atoms with Crippen molar-refractivity contribution in [2.45, 2.75) is 52.3 Å². The van der Waals surface area contributed by atoms with Crippen molar-refractivity contribution in [3.63, 3.8) is 0 Å². The molecule has 1 aromatic heterocycles. The van der Waals surface area contributed by atoms with E-state index in [9.17, 15) is 5.11 Å². The van der Waals surface area contributed by atoms with E-state index in [2.05, 4.69) is 27.3 Å². The van der Waals surface area contributed by atoms with Crippen LogP contribution < -0.4 is 0 Å². The molecule has 2 rings (SSSR count). The number of likely N-dealkylation sites (tertiary alicyclic amines) is 1. The van der Waals surface area contributed by atoms with Gasteiger partial charge in [0.1, 0.15) is 0 Å². The molecule has 1 aliphatic heterocycles. The highest BCUT2D eigenvalue weighted by atomic mass is 16.3. The van der Waals surface area contributed by atoms with Crippen LogP contribution in [0.25, 0.3) is 0 Å². The lowest BCUT2D eigenvalue weighted by Gasteiger charge is -2.16. The van der Waals surface area contributed by atoms with E-state index in [-0.39, 0.29) is 6.10 Å². The van der Waals surface area contributed by atoms with Crippen molar-refractivity contribution in [1.29, 1.82) is 0 Å². The van der Waals surface area contributed by atoms with Crippen molar-refractivity contribution in [1.82, 2.24) is 25.1 Å². The van der Waals surface area contributed by atoms with Crippen LogP contribution >= 0.6 is 0 Å². The van der Waals surface area contributed by atoms with Crippen LogP contribution in [0.2, 0.25) is 0 Å². The largest absolute Gasteiger partial charge is 0.393 e. The third-order valence-corrected chi connectivity index (χ3v) is 3.69. The maximum absolute atomic E-state index is 9.59. The summed E-state index contributed by atoms with van der Waals surface area (Å²) in [5, 5.41) is 21.5. The molecule has 6 heteroatoms. The van der Waals surface area contributed by atoms with Crippen molar-refractivity contribution in [2.24, 2.45) is 5.92 Å². The number of aliphatic hydroxyl groups excluding tert-OH is 1. The molecule has 0 aromatic carbocycles. The van der Waals surface area contributed by atoms with Gasteiger partial charge in [0.05, 0.1) is 12.6 Å². The quantitative estimate of drug-likeness (QED) is 0.807. The van der Waals surface area contributed by atoms with E-state index in [4.69, 9.17) is 0 Å². The van der Waals surface area contributed by atoms with E-state index >= 15 is 0 Å². The van der Waals surface area contributed by atoms with Gasteiger partial charge in [-0.05, 0) is 42.7 Å². The maximum atomic E-state index is 9.59. The highest BCUT2D eigenvalue weighted by molar-refractivity contribution is 4.86. The van der Waals surface area contributed by atoms with E-state index in [0.29, 0.717) is 5.92 Å². The van der Waals surface area contributed by atoms with Gasteiger partial charge in [-0.15, -0.1) is 5.10 Å². The Morgan fingerprint density at radius 3 is 3.00 bits per heavy atom. The molecule has 1 N–H and O–H groups in total. The Morgan fingerprint density at radius 1 is 1.50 bits per heavy atom. The van der Waals surface area contributed by atoms with E-state index in [1.54, 1.807) is 0 Å². The molecule has 1 aliphatic rings. The molecule has 1 aromatic rings. The monoisotopic (exact) mass is 253 g/mol. The van der Waals surface area contributed by atoms with Crippen LogP contribution in [-0.2, 0) is 13.1 Å². The SMILES string of the molecule is CCCCn1nnnc1CN1CCC(C(C)O)C1. The van der Waals surface area contributed by atoms with Gasteiger partial charge in [-0.25, -0.2) is 4.68 Å². The van der Waals surface area contributed by atoms with Crippen LogP contribution in [0.1, 0.15) is 38.9 Å². The van der Waals surface area contributed by atoms with E-state index in [0.717, 1.165) is 51.3 Å². The number of aliphatic hydroxyl groups is 1. The average Bonchev–Trinajstić information content (AvgIpc) is 2.96. The van der Waals surface area contributed by atoms with Crippen molar-refractivity contribution in [2.75, 3.05) is 13.1 Å². The number of unbranched alkanes of at least 4 members (excludes halogenated alkanes) is 1. The lowest BCUT2D eigenvalue weighted by atomic mass is 10.0.